The number of rotatable bonds is 4. The minimum atomic E-state index is -0.684. The quantitative estimate of drug-likeness (QED) is 0.859. The van der Waals surface area contributed by atoms with Crippen molar-refractivity contribution < 1.29 is 18.4 Å². The van der Waals surface area contributed by atoms with E-state index < -0.39 is 17.0 Å². The summed E-state index contributed by atoms with van der Waals surface area (Å²) in [7, 11) is 0. The number of carbonyl (C=O) groups excluding carboxylic acids is 2. The molecule has 0 bridgehead atoms. The molecule has 8 heteroatoms. The molecule has 134 valence electrons. The number of anilines is 1. The molecule has 1 saturated heterocycles. The summed E-state index contributed by atoms with van der Waals surface area (Å²) < 4.78 is 27.1. The number of carbonyl (C=O) groups is 2. The smallest absolute Gasteiger partial charge is 0.240 e. The zero-order valence-electron chi connectivity index (χ0n) is 13.8. The van der Waals surface area contributed by atoms with Crippen LogP contribution in [0.4, 0.5) is 20.2 Å². The lowest BCUT2D eigenvalue weighted by Gasteiger charge is -2.08. The third-order valence-electron chi connectivity index (χ3n) is 3.68. The maximum Gasteiger partial charge on any atom is 0.240 e. The largest absolute Gasteiger partial charge is 0.324 e. The summed E-state index contributed by atoms with van der Waals surface area (Å²) in [6.07, 6.45) is -0.133. The van der Waals surface area contributed by atoms with Crippen LogP contribution in [0.25, 0.3) is 0 Å². The fraction of sp³-hybridized carbons (Fsp3) is 0.167. The van der Waals surface area contributed by atoms with Gasteiger partial charge in [-0.05, 0) is 36.8 Å². The van der Waals surface area contributed by atoms with Gasteiger partial charge < -0.3 is 10.6 Å². The Bertz CT molecular complexity index is 902. The van der Waals surface area contributed by atoms with Crippen LogP contribution in [0.15, 0.2) is 47.5 Å². The van der Waals surface area contributed by atoms with Crippen LogP contribution in [0.2, 0.25) is 0 Å². The molecule has 2 aromatic rings. The average molecular weight is 375 g/mol. The summed E-state index contributed by atoms with van der Waals surface area (Å²) >= 11 is 1.08. The zero-order chi connectivity index (χ0) is 18.7. The molecule has 1 aliphatic rings. The Hall–Kier alpha value is -2.74. The van der Waals surface area contributed by atoms with Crippen LogP contribution >= 0.6 is 11.8 Å². The highest BCUT2D eigenvalue weighted by Gasteiger charge is 2.32. The number of amides is 2. The minimum Gasteiger partial charge on any atom is -0.324 e. The first kappa shape index (κ1) is 18.1. The van der Waals surface area contributed by atoms with Crippen LogP contribution in [-0.2, 0) is 9.59 Å². The van der Waals surface area contributed by atoms with E-state index in [1.54, 1.807) is 25.1 Å². The number of halogens is 2. The Morgan fingerprint density at radius 3 is 2.73 bits per heavy atom. The Morgan fingerprint density at radius 2 is 2.00 bits per heavy atom. The van der Waals surface area contributed by atoms with Crippen LogP contribution in [0.3, 0.4) is 0 Å². The molecular formula is C18H15F2N3O2S. The van der Waals surface area contributed by atoms with Gasteiger partial charge in [0.05, 0.1) is 11.4 Å². The summed E-state index contributed by atoms with van der Waals surface area (Å²) in [5.74, 6) is -1.79. The molecule has 0 radical (unpaired) electrons. The Morgan fingerprint density at radius 1 is 1.23 bits per heavy atom. The number of nitrogens with zero attached hydrogens (tertiary/aromatic N) is 1. The van der Waals surface area contributed by atoms with Crippen molar-refractivity contribution in [3.05, 3.63) is 59.7 Å². The molecule has 1 fully saturated rings. The van der Waals surface area contributed by atoms with Crippen molar-refractivity contribution in [3.63, 3.8) is 0 Å². The van der Waals surface area contributed by atoms with Gasteiger partial charge in [-0.1, -0.05) is 30.0 Å². The summed E-state index contributed by atoms with van der Waals surface area (Å²) in [5, 5.41) is 4.61. The maximum atomic E-state index is 13.6. The molecule has 26 heavy (non-hydrogen) atoms. The van der Waals surface area contributed by atoms with Crippen LogP contribution in [-0.4, -0.2) is 22.2 Å². The number of nitrogens with one attached hydrogen (secondary N) is 2. The van der Waals surface area contributed by atoms with Crippen molar-refractivity contribution in [2.24, 2.45) is 4.99 Å². The van der Waals surface area contributed by atoms with Crippen LogP contribution in [0, 0.1) is 18.6 Å². The lowest BCUT2D eigenvalue weighted by molar-refractivity contribution is -0.122. The first-order chi connectivity index (χ1) is 12.4. The first-order valence-corrected chi connectivity index (χ1v) is 8.67. The number of aliphatic imine (C=N–C) groups is 1. The highest BCUT2D eigenvalue weighted by molar-refractivity contribution is 8.15. The second-order valence-electron chi connectivity index (χ2n) is 5.68. The summed E-state index contributed by atoms with van der Waals surface area (Å²) in [5.41, 5.74) is 0.928. The van der Waals surface area contributed by atoms with Crippen molar-refractivity contribution >= 4 is 40.1 Å². The van der Waals surface area contributed by atoms with Gasteiger partial charge in [-0.15, -0.1) is 0 Å². The highest BCUT2D eigenvalue weighted by Crippen LogP contribution is 2.26. The standard InChI is InChI=1S/C18H15F2N3O2S/c1-10-6-7-11(8-13(10)20)21-18-23-17(25)15(26-18)9-16(24)22-14-5-3-2-4-12(14)19/h2-8,15H,9H2,1H3,(H,22,24)(H,21,23,25)/t15-/m1/s1. The molecular weight excluding hydrogens is 360 g/mol. The van der Waals surface area contributed by atoms with E-state index in [1.807, 2.05) is 0 Å². The Kier molecular flexibility index (Phi) is 5.32. The lowest BCUT2D eigenvalue weighted by Crippen LogP contribution is -2.28. The third kappa shape index (κ3) is 4.26. The molecule has 2 amide bonds. The predicted octanol–water partition coefficient (Wildman–Crippen LogP) is 3.52. The van der Waals surface area contributed by atoms with Gasteiger partial charge in [0.15, 0.2) is 5.17 Å². The van der Waals surface area contributed by atoms with Gasteiger partial charge in [0.1, 0.15) is 16.9 Å². The molecule has 0 aromatic heterocycles. The van der Waals surface area contributed by atoms with Gasteiger partial charge in [0.25, 0.3) is 0 Å². The summed E-state index contributed by atoms with van der Waals surface area (Å²) in [4.78, 5) is 28.2. The number of aryl methyl sites for hydroxylation is 1. The van der Waals surface area contributed by atoms with E-state index >= 15 is 0 Å². The number of hydrogen-bond acceptors (Lipinski definition) is 4. The van der Waals surface area contributed by atoms with E-state index in [-0.39, 0.29) is 23.8 Å². The van der Waals surface area contributed by atoms with E-state index in [0.717, 1.165) is 11.8 Å². The Balaban J connectivity index is 1.64. The van der Waals surface area contributed by atoms with Crippen LogP contribution in [0.1, 0.15) is 12.0 Å². The van der Waals surface area contributed by atoms with Crippen molar-refractivity contribution in [1.29, 1.82) is 0 Å². The van der Waals surface area contributed by atoms with Gasteiger partial charge in [-0.3, -0.25) is 9.59 Å². The number of amidine groups is 1. The monoisotopic (exact) mass is 375 g/mol. The predicted molar refractivity (Wildman–Crippen MR) is 97.4 cm³/mol. The van der Waals surface area contributed by atoms with Gasteiger partial charge >= 0.3 is 0 Å². The van der Waals surface area contributed by atoms with Gasteiger partial charge in [-0.25, -0.2) is 13.8 Å². The van der Waals surface area contributed by atoms with E-state index in [1.165, 1.54) is 24.3 Å². The second kappa shape index (κ2) is 7.65. The van der Waals surface area contributed by atoms with Crippen molar-refractivity contribution in [3.8, 4) is 0 Å². The fourth-order valence-corrected chi connectivity index (χ4v) is 3.28. The van der Waals surface area contributed by atoms with Crippen molar-refractivity contribution in [1.82, 2.24) is 5.32 Å². The molecule has 2 aromatic carbocycles. The maximum absolute atomic E-state index is 13.6. The fourth-order valence-electron chi connectivity index (χ4n) is 2.29. The number of thioether (sulfide) groups is 1. The van der Waals surface area contributed by atoms with E-state index in [2.05, 4.69) is 15.6 Å². The second-order valence-corrected chi connectivity index (χ2v) is 6.87. The third-order valence-corrected chi connectivity index (χ3v) is 4.76. The molecule has 5 nitrogen and oxygen atoms in total. The van der Waals surface area contributed by atoms with Gasteiger partial charge in [-0.2, -0.15) is 0 Å². The topological polar surface area (TPSA) is 70.6 Å². The summed E-state index contributed by atoms with van der Waals surface area (Å²) in [6, 6.07) is 10.3. The normalized spacial score (nSPS) is 18.0. The van der Waals surface area contributed by atoms with E-state index in [4.69, 9.17) is 0 Å². The molecule has 0 spiro atoms. The molecule has 0 aliphatic carbocycles. The lowest BCUT2D eigenvalue weighted by atomic mass is 10.2. The molecule has 0 saturated carbocycles. The molecule has 2 N–H and O–H groups in total. The highest BCUT2D eigenvalue weighted by atomic mass is 32.2. The van der Waals surface area contributed by atoms with Gasteiger partial charge in [0, 0.05) is 6.42 Å². The number of para-hydroxylation sites is 1. The summed E-state index contributed by atoms with van der Waals surface area (Å²) in [6.45, 7) is 1.64. The van der Waals surface area contributed by atoms with Crippen LogP contribution < -0.4 is 10.6 Å². The number of benzene rings is 2. The van der Waals surface area contributed by atoms with E-state index in [0.29, 0.717) is 16.4 Å². The molecule has 0 unspecified atom stereocenters. The van der Waals surface area contributed by atoms with Gasteiger partial charge in [0.2, 0.25) is 11.8 Å². The molecule has 3 rings (SSSR count). The Labute approximate surface area is 152 Å². The molecule has 1 atom stereocenters. The molecule has 1 aliphatic heterocycles. The van der Waals surface area contributed by atoms with Crippen molar-refractivity contribution in [2.75, 3.05) is 5.32 Å². The molecule has 1 heterocycles. The zero-order valence-corrected chi connectivity index (χ0v) is 14.6. The number of hydrogen-bond donors (Lipinski definition) is 2. The van der Waals surface area contributed by atoms with E-state index in [9.17, 15) is 18.4 Å². The van der Waals surface area contributed by atoms with Crippen molar-refractivity contribution in [2.45, 2.75) is 18.6 Å². The average Bonchev–Trinajstić information content (AvgIpc) is 2.92. The SMILES string of the molecule is Cc1ccc(N=C2NC(=O)[C@@H](CC(=O)Nc3ccccc3F)S2)cc1F. The van der Waals surface area contributed by atoms with Crippen LogP contribution in [0.5, 0.6) is 0 Å². The minimum absolute atomic E-state index is 0.0601. The first-order valence-electron chi connectivity index (χ1n) is 7.79.